The van der Waals surface area contributed by atoms with Crippen LogP contribution in [0.25, 0.3) is 0 Å². The van der Waals surface area contributed by atoms with Crippen LogP contribution in [0.15, 0.2) is 24.5 Å². The number of amides is 1. The summed E-state index contributed by atoms with van der Waals surface area (Å²) >= 11 is 0. The standard InChI is InChI=1S/C6H6N2O.C6H8O7.C5H10O5/c7-6(9)5-2-1-3-8-4-5;7-3(8)1-6(13,5(11)12)2-4(9)10;6-1-3(8)5(10)4(9)2-7/h1-4H,(H2,7,9);13H,1-2H2,(H,7,8)(H,9,10)(H,11,12);1,3-5,7-10H,2H2. The molecule has 180 valence electrons. The maximum absolute atomic E-state index is 10.4. The van der Waals surface area contributed by atoms with Crippen LogP contribution in [-0.4, -0.2) is 106 Å². The van der Waals surface area contributed by atoms with Crippen LogP contribution in [0.1, 0.15) is 23.2 Å². The lowest BCUT2D eigenvalue weighted by molar-refractivity contribution is -0.170. The molecule has 10 N–H and O–H groups in total. The molecule has 0 saturated heterocycles. The summed E-state index contributed by atoms with van der Waals surface area (Å²) in [5.74, 6) is -5.46. The number of nitrogens with two attached hydrogens (primary N) is 1. The number of rotatable bonds is 10. The molecule has 0 saturated carbocycles. The lowest BCUT2D eigenvalue weighted by Crippen LogP contribution is -2.42. The summed E-state index contributed by atoms with van der Waals surface area (Å²) in [4.78, 5) is 54.3. The van der Waals surface area contributed by atoms with Gasteiger partial charge in [0.25, 0.3) is 0 Å². The normalized spacial score (nSPS) is 13.0. The minimum atomic E-state index is -2.74. The third-order valence-electron chi connectivity index (χ3n) is 3.30. The van der Waals surface area contributed by atoms with Crippen LogP contribution in [0.5, 0.6) is 0 Å². The van der Waals surface area contributed by atoms with Gasteiger partial charge in [-0.2, -0.15) is 0 Å². The van der Waals surface area contributed by atoms with Crippen molar-refractivity contribution >= 4 is 30.1 Å². The van der Waals surface area contributed by atoms with Gasteiger partial charge in [-0.3, -0.25) is 19.4 Å². The molecule has 1 aromatic heterocycles. The van der Waals surface area contributed by atoms with E-state index in [-0.39, 0.29) is 6.29 Å². The van der Waals surface area contributed by atoms with Gasteiger partial charge in [0.1, 0.15) is 18.3 Å². The van der Waals surface area contributed by atoms with Gasteiger partial charge in [0.15, 0.2) is 11.9 Å². The minimum Gasteiger partial charge on any atom is -0.481 e. The van der Waals surface area contributed by atoms with E-state index >= 15 is 0 Å². The van der Waals surface area contributed by atoms with Gasteiger partial charge in [0.05, 0.1) is 25.0 Å². The molecular formula is C17H24N2O13. The molecule has 15 nitrogen and oxygen atoms in total. The number of aliphatic hydroxyl groups is 5. The predicted molar refractivity (Wildman–Crippen MR) is 101 cm³/mol. The van der Waals surface area contributed by atoms with E-state index in [1.165, 1.54) is 6.20 Å². The fourth-order valence-electron chi connectivity index (χ4n) is 1.64. The van der Waals surface area contributed by atoms with Crippen LogP contribution in [0.3, 0.4) is 0 Å². The average Bonchev–Trinajstić information content (AvgIpc) is 2.72. The number of carboxylic acid groups (broad SMARTS) is 3. The predicted octanol–water partition coefficient (Wildman–Crippen LogP) is -3.81. The molecule has 0 aliphatic heterocycles. The molecule has 1 amide bonds. The van der Waals surface area contributed by atoms with E-state index in [0.717, 1.165) is 0 Å². The Morgan fingerprint density at radius 1 is 1.06 bits per heavy atom. The fraction of sp³-hybridized carbons (Fsp3) is 0.412. The van der Waals surface area contributed by atoms with Gasteiger partial charge < -0.3 is 51.4 Å². The number of primary amides is 1. The highest BCUT2D eigenvalue weighted by atomic mass is 16.4. The van der Waals surface area contributed by atoms with Crippen molar-refractivity contribution in [1.82, 2.24) is 4.98 Å². The van der Waals surface area contributed by atoms with Gasteiger partial charge >= 0.3 is 17.9 Å². The zero-order chi connectivity index (χ0) is 25.5. The van der Waals surface area contributed by atoms with Gasteiger partial charge in [-0.15, -0.1) is 0 Å². The highest BCUT2D eigenvalue weighted by Crippen LogP contribution is 2.15. The Kier molecular flexibility index (Phi) is 14.7. The first-order chi connectivity index (χ1) is 14.7. The van der Waals surface area contributed by atoms with E-state index in [4.69, 9.17) is 46.6 Å². The second kappa shape index (κ2) is 15.3. The number of carbonyl (C=O) groups excluding carboxylic acids is 2. The second-order valence-corrected chi connectivity index (χ2v) is 5.95. The van der Waals surface area contributed by atoms with Crippen molar-refractivity contribution in [3.05, 3.63) is 30.1 Å². The van der Waals surface area contributed by atoms with Crippen molar-refractivity contribution < 1.29 is 64.8 Å². The number of carbonyl (C=O) groups is 5. The Hall–Kier alpha value is -3.50. The number of aliphatic carboxylic acids is 3. The Bertz CT molecular complexity index is 740. The molecule has 3 atom stereocenters. The first-order valence-corrected chi connectivity index (χ1v) is 8.41. The highest BCUT2D eigenvalue weighted by Gasteiger charge is 2.40. The molecule has 1 aromatic rings. The number of aromatic nitrogens is 1. The van der Waals surface area contributed by atoms with Crippen LogP contribution in [-0.2, 0) is 19.2 Å². The molecule has 0 radical (unpaired) electrons. The van der Waals surface area contributed by atoms with E-state index in [9.17, 15) is 24.0 Å². The summed E-state index contributed by atoms with van der Waals surface area (Å²) in [6, 6.07) is 3.29. The largest absolute Gasteiger partial charge is 0.481 e. The summed E-state index contributed by atoms with van der Waals surface area (Å²) in [6.45, 7) is -0.688. The second-order valence-electron chi connectivity index (χ2n) is 5.95. The number of carboxylic acids is 3. The van der Waals surface area contributed by atoms with Crippen molar-refractivity contribution in [2.24, 2.45) is 5.73 Å². The highest BCUT2D eigenvalue weighted by molar-refractivity contribution is 5.92. The third-order valence-corrected chi connectivity index (χ3v) is 3.30. The Balaban J connectivity index is 0. The number of nitrogens with zero attached hydrogens (tertiary/aromatic N) is 1. The zero-order valence-corrected chi connectivity index (χ0v) is 16.4. The number of aliphatic hydroxyl groups excluding tert-OH is 4. The van der Waals surface area contributed by atoms with Crippen LogP contribution >= 0.6 is 0 Å². The smallest absolute Gasteiger partial charge is 0.336 e. The van der Waals surface area contributed by atoms with Gasteiger partial charge in [-0.05, 0) is 12.1 Å². The van der Waals surface area contributed by atoms with Crippen LogP contribution < -0.4 is 5.73 Å². The quantitative estimate of drug-likeness (QED) is 0.150. The minimum absolute atomic E-state index is 0.0869. The molecule has 1 heterocycles. The average molecular weight is 464 g/mol. The van der Waals surface area contributed by atoms with Crippen LogP contribution in [0.4, 0.5) is 0 Å². The van der Waals surface area contributed by atoms with E-state index in [1.807, 2.05) is 0 Å². The summed E-state index contributed by atoms with van der Waals surface area (Å²) < 4.78 is 0. The number of hydrogen-bond donors (Lipinski definition) is 9. The summed E-state index contributed by atoms with van der Waals surface area (Å²) in [5, 5.41) is 67.9. The van der Waals surface area contributed by atoms with Gasteiger partial charge in [0, 0.05) is 12.4 Å². The van der Waals surface area contributed by atoms with E-state index in [2.05, 4.69) is 4.98 Å². The number of pyridine rings is 1. The SMILES string of the molecule is NC(=O)c1cccnc1.O=C(O)CC(O)(CC(=O)O)C(=O)O.O=CC(O)C(O)C(O)CO. The summed E-state index contributed by atoms with van der Waals surface area (Å²) in [5.41, 5.74) is 2.64. The first kappa shape index (κ1) is 30.7. The molecular weight excluding hydrogens is 440 g/mol. The van der Waals surface area contributed by atoms with Crippen LogP contribution in [0.2, 0.25) is 0 Å². The Morgan fingerprint density at radius 3 is 1.81 bits per heavy atom. The molecule has 0 aliphatic rings. The van der Waals surface area contributed by atoms with Crippen LogP contribution in [0, 0.1) is 0 Å². The molecule has 0 spiro atoms. The molecule has 0 aliphatic carbocycles. The van der Waals surface area contributed by atoms with Gasteiger partial charge in [-0.1, -0.05) is 0 Å². The van der Waals surface area contributed by atoms with Gasteiger partial charge in [0.2, 0.25) is 5.91 Å². The van der Waals surface area contributed by atoms with E-state index in [1.54, 1.807) is 18.3 Å². The Morgan fingerprint density at radius 2 is 1.56 bits per heavy atom. The molecule has 3 unspecified atom stereocenters. The molecule has 32 heavy (non-hydrogen) atoms. The zero-order valence-electron chi connectivity index (χ0n) is 16.4. The van der Waals surface area contributed by atoms with E-state index < -0.39 is 67.2 Å². The molecule has 0 bridgehead atoms. The van der Waals surface area contributed by atoms with Gasteiger partial charge in [-0.25, -0.2) is 4.79 Å². The summed E-state index contributed by atoms with van der Waals surface area (Å²) in [7, 11) is 0. The summed E-state index contributed by atoms with van der Waals surface area (Å²) in [6.07, 6.45) is -3.90. The monoisotopic (exact) mass is 464 g/mol. The molecule has 0 fully saturated rings. The first-order valence-electron chi connectivity index (χ1n) is 8.41. The maximum Gasteiger partial charge on any atom is 0.336 e. The van der Waals surface area contributed by atoms with Crippen molar-refractivity contribution in [2.45, 2.75) is 36.8 Å². The van der Waals surface area contributed by atoms with Crippen molar-refractivity contribution in [1.29, 1.82) is 0 Å². The molecule has 15 heteroatoms. The van der Waals surface area contributed by atoms with Crippen molar-refractivity contribution in [2.75, 3.05) is 6.61 Å². The fourth-order valence-corrected chi connectivity index (χ4v) is 1.64. The Labute approximate surface area is 180 Å². The van der Waals surface area contributed by atoms with E-state index in [0.29, 0.717) is 5.56 Å². The number of hydrogen-bond acceptors (Lipinski definition) is 11. The molecule has 0 aromatic carbocycles. The lowest BCUT2D eigenvalue weighted by Gasteiger charge is -2.18. The topological polar surface area (TPSA) is 286 Å². The maximum atomic E-state index is 10.4. The number of aldehydes is 1. The van der Waals surface area contributed by atoms with Crippen molar-refractivity contribution in [3.8, 4) is 0 Å². The third kappa shape index (κ3) is 12.9. The molecule has 1 rings (SSSR count). The van der Waals surface area contributed by atoms with Crippen molar-refractivity contribution in [3.63, 3.8) is 0 Å². The lowest BCUT2D eigenvalue weighted by atomic mass is 9.96.